The lowest BCUT2D eigenvalue weighted by atomic mass is 10.1. The number of anilines is 1. The molecule has 1 aromatic carbocycles. The summed E-state index contributed by atoms with van der Waals surface area (Å²) in [6, 6.07) is 9.40. The fraction of sp³-hybridized carbons (Fsp3) is 0.389. The van der Waals surface area contributed by atoms with Crippen molar-refractivity contribution >= 4 is 17.8 Å². The summed E-state index contributed by atoms with van der Waals surface area (Å²) in [5, 5.41) is 14.7. The number of nitrogens with one attached hydrogen (secondary N) is 4. The van der Waals surface area contributed by atoms with Crippen molar-refractivity contribution in [1.82, 2.24) is 25.9 Å². The summed E-state index contributed by atoms with van der Waals surface area (Å²) in [5.74, 6) is 0.407. The molecule has 0 bridgehead atoms. The van der Waals surface area contributed by atoms with Gasteiger partial charge in [0.15, 0.2) is 5.82 Å². The Kier molecular flexibility index (Phi) is 5.52. The van der Waals surface area contributed by atoms with Crippen LogP contribution >= 0.6 is 0 Å². The maximum Gasteiger partial charge on any atom is 0.329 e. The molecule has 0 saturated heterocycles. The number of nitrogens with zero attached hydrogens (tertiary/aromatic N) is 2. The Morgan fingerprint density at radius 3 is 2.77 bits per heavy atom. The molecule has 0 spiro atoms. The van der Waals surface area contributed by atoms with E-state index in [-0.39, 0.29) is 18.0 Å². The van der Waals surface area contributed by atoms with Crippen LogP contribution in [0.5, 0.6) is 0 Å². The van der Waals surface area contributed by atoms with Crippen LogP contribution in [-0.4, -0.2) is 39.7 Å². The molecule has 3 rings (SSSR count). The van der Waals surface area contributed by atoms with Crippen LogP contribution in [0.3, 0.4) is 0 Å². The van der Waals surface area contributed by atoms with Crippen LogP contribution in [0, 0.1) is 0 Å². The number of H-pyrrole nitrogens is 1. The first-order valence-corrected chi connectivity index (χ1v) is 8.73. The lowest BCUT2D eigenvalue weighted by Crippen LogP contribution is -2.50. The van der Waals surface area contributed by atoms with E-state index < -0.39 is 0 Å². The van der Waals surface area contributed by atoms with Gasteiger partial charge in [0, 0.05) is 36.8 Å². The SMILES string of the molecule is CC(C)NC(=O)NN1CCc2[nH]nc(NC(=O)Cc3ccccc3)c2C1. The predicted molar refractivity (Wildman–Crippen MR) is 98.3 cm³/mol. The Morgan fingerprint density at radius 1 is 1.27 bits per heavy atom. The highest BCUT2D eigenvalue weighted by Gasteiger charge is 2.24. The monoisotopic (exact) mass is 356 g/mol. The Balaban J connectivity index is 1.61. The first-order chi connectivity index (χ1) is 12.5. The third-order valence-corrected chi connectivity index (χ3v) is 4.08. The molecule has 1 aliphatic rings. The molecular weight excluding hydrogens is 332 g/mol. The van der Waals surface area contributed by atoms with Gasteiger partial charge in [0.1, 0.15) is 0 Å². The van der Waals surface area contributed by atoms with Crippen molar-refractivity contribution in [1.29, 1.82) is 0 Å². The van der Waals surface area contributed by atoms with Crippen molar-refractivity contribution in [2.45, 2.75) is 39.3 Å². The minimum absolute atomic E-state index is 0.0668. The topological polar surface area (TPSA) is 102 Å². The number of aromatic nitrogens is 2. The van der Waals surface area contributed by atoms with Crippen molar-refractivity contribution in [2.24, 2.45) is 0 Å². The number of aromatic amines is 1. The zero-order chi connectivity index (χ0) is 18.5. The highest BCUT2D eigenvalue weighted by molar-refractivity contribution is 5.92. The number of rotatable bonds is 5. The molecule has 0 aliphatic carbocycles. The van der Waals surface area contributed by atoms with Gasteiger partial charge in [-0.1, -0.05) is 30.3 Å². The normalized spacial score (nSPS) is 14.0. The second-order valence-electron chi connectivity index (χ2n) is 6.65. The third kappa shape index (κ3) is 4.60. The van der Waals surface area contributed by atoms with Crippen LogP contribution in [0.25, 0.3) is 0 Å². The summed E-state index contributed by atoms with van der Waals surface area (Å²) in [4.78, 5) is 24.2. The zero-order valence-electron chi connectivity index (χ0n) is 15.0. The predicted octanol–water partition coefficient (Wildman–Crippen LogP) is 1.57. The number of hydrogen-bond acceptors (Lipinski definition) is 4. The summed E-state index contributed by atoms with van der Waals surface area (Å²) < 4.78 is 0. The molecule has 3 amide bonds. The number of hydrogen-bond donors (Lipinski definition) is 4. The van der Waals surface area contributed by atoms with Crippen LogP contribution in [0.1, 0.15) is 30.7 Å². The van der Waals surface area contributed by atoms with Crippen molar-refractivity contribution in [3.8, 4) is 0 Å². The summed E-state index contributed by atoms with van der Waals surface area (Å²) in [7, 11) is 0. The molecule has 0 unspecified atom stereocenters. The lowest BCUT2D eigenvalue weighted by molar-refractivity contribution is -0.115. The van der Waals surface area contributed by atoms with E-state index in [0.717, 1.165) is 23.2 Å². The smallest absolute Gasteiger partial charge is 0.329 e. The van der Waals surface area contributed by atoms with Crippen molar-refractivity contribution in [3.63, 3.8) is 0 Å². The van der Waals surface area contributed by atoms with E-state index in [1.807, 2.05) is 49.2 Å². The Morgan fingerprint density at radius 2 is 2.04 bits per heavy atom. The van der Waals surface area contributed by atoms with Crippen LogP contribution in [0.15, 0.2) is 30.3 Å². The molecule has 0 fully saturated rings. The minimum Gasteiger partial charge on any atom is -0.335 e. The molecule has 1 aromatic heterocycles. The highest BCUT2D eigenvalue weighted by Crippen LogP contribution is 2.23. The summed E-state index contributed by atoms with van der Waals surface area (Å²) in [6.07, 6.45) is 1.01. The average molecular weight is 356 g/mol. The molecule has 0 atom stereocenters. The van der Waals surface area contributed by atoms with Gasteiger partial charge in [0.05, 0.1) is 6.42 Å². The largest absolute Gasteiger partial charge is 0.335 e. The van der Waals surface area contributed by atoms with Gasteiger partial charge in [0.2, 0.25) is 5.91 Å². The molecule has 138 valence electrons. The highest BCUT2D eigenvalue weighted by atomic mass is 16.2. The molecule has 4 N–H and O–H groups in total. The molecule has 8 heteroatoms. The van der Waals surface area contributed by atoms with Gasteiger partial charge in [0.25, 0.3) is 0 Å². The van der Waals surface area contributed by atoms with Crippen molar-refractivity contribution < 1.29 is 9.59 Å². The van der Waals surface area contributed by atoms with E-state index in [1.165, 1.54) is 0 Å². The first-order valence-electron chi connectivity index (χ1n) is 8.73. The van der Waals surface area contributed by atoms with E-state index in [4.69, 9.17) is 0 Å². The second-order valence-corrected chi connectivity index (χ2v) is 6.65. The van der Waals surface area contributed by atoms with E-state index in [2.05, 4.69) is 26.3 Å². The van der Waals surface area contributed by atoms with E-state index in [9.17, 15) is 9.59 Å². The van der Waals surface area contributed by atoms with Crippen LogP contribution in [0.4, 0.5) is 10.6 Å². The molecule has 1 aliphatic heterocycles. The Hall–Kier alpha value is -2.87. The standard InChI is InChI=1S/C18H24N6O2/c1-12(2)19-18(26)23-24-9-8-15-14(11-24)17(22-21-15)20-16(25)10-13-6-4-3-5-7-13/h3-7,12H,8-11H2,1-2H3,(H2,19,23,26)(H2,20,21,22,25). The van der Waals surface area contributed by atoms with Crippen LogP contribution in [-0.2, 0) is 24.2 Å². The molecule has 2 aromatic rings. The summed E-state index contributed by atoms with van der Waals surface area (Å²) in [5.41, 5.74) is 5.67. The summed E-state index contributed by atoms with van der Waals surface area (Å²) in [6.45, 7) is 4.98. The third-order valence-electron chi connectivity index (χ3n) is 4.08. The van der Waals surface area contributed by atoms with Gasteiger partial charge in [-0.15, -0.1) is 0 Å². The quantitative estimate of drug-likeness (QED) is 0.653. The lowest BCUT2D eigenvalue weighted by Gasteiger charge is -2.27. The number of fused-ring (bicyclic) bond motifs is 1. The Labute approximate surface area is 152 Å². The minimum atomic E-state index is -0.235. The van der Waals surface area contributed by atoms with E-state index in [0.29, 0.717) is 25.3 Å². The van der Waals surface area contributed by atoms with Crippen LogP contribution in [0.2, 0.25) is 0 Å². The number of hydrazine groups is 1. The van der Waals surface area contributed by atoms with Crippen molar-refractivity contribution in [2.75, 3.05) is 11.9 Å². The van der Waals surface area contributed by atoms with Gasteiger partial charge in [-0.05, 0) is 19.4 Å². The molecule has 0 saturated carbocycles. The van der Waals surface area contributed by atoms with Gasteiger partial charge >= 0.3 is 6.03 Å². The molecule has 2 heterocycles. The molecule has 26 heavy (non-hydrogen) atoms. The number of amides is 3. The van der Waals surface area contributed by atoms with E-state index >= 15 is 0 Å². The summed E-state index contributed by atoms with van der Waals surface area (Å²) >= 11 is 0. The van der Waals surface area contributed by atoms with Gasteiger partial charge in [-0.25, -0.2) is 9.80 Å². The van der Waals surface area contributed by atoms with Gasteiger partial charge < -0.3 is 10.6 Å². The number of carbonyl (C=O) groups is 2. The fourth-order valence-corrected chi connectivity index (χ4v) is 2.89. The number of carbonyl (C=O) groups excluding carboxylic acids is 2. The first kappa shape index (κ1) is 17.9. The maximum absolute atomic E-state index is 12.3. The van der Waals surface area contributed by atoms with Gasteiger partial charge in [-0.3, -0.25) is 15.3 Å². The number of urea groups is 1. The zero-order valence-corrected chi connectivity index (χ0v) is 15.0. The molecule has 8 nitrogen and oxygen atoms in total. The van der Waals surface area contributed by atoms with Gasteiger partial charge in [-0.2, -0.15) is 5.10 Å². The van der Waals surface area contributed by atoms with Crippen molar-refractivity contribution in [3.05, 3.63) is 47.2 Å². The molecular formula is C18H24N6O2. The maximum atomic E-state index is 12.3. The number of benzene rings is 1. The fourth-order valence-electron chi connectivity index (χ4n) is 2.89. The molecule has 0 radical (unpaired) electrons. The van der Waals surface area contributed by atoms with Crippen LogP contribution < -0.4 is 16.1 Å². The Bertz CT molecular complexity index is 771. The van der Waals surface area contributed by atoms with E-state index in [1.54, 1.807) is 0 Å². The second kappa shape index (κ2) is 8.01. The average Bonchev–Trinajstić information content (AvgIpc) is 2.97.